The summed E-state index contributed by atoms with van der Waals surface area (Å²) in [6, 6.07) is 1.44. The van der Waals surface area contributed by atoms with Gasteiger partial charge < -0.3 is 20.1 Å². The van der Waals surface area contributed by atoms with Crippen molar-refractivity contribution in [3.8, 4) is 5.75 Å². The van der Waals surface area contributed by atoms with Crippen molar-refractivity contribution in [2.24, 2.45) is 0 Å². The molecular weight excluding hydrogens is 222 g/mol. The molecule has 0 saturated heterocycles. The number of halogens is 2. The van der Waals surface area contributed by atoms with Crippen LogP contribution in [0.5, 0.6) is 5.75 Å². The van der Waals surface area contributed by atoms with E-state index < -0.39 is 30.4 Å². The van der Waals surface area contributed by atoms with Crippen LogP contribution in [0.2, 0.25) is 0 Å². The Morgan fingerprint density at radius 1 is 1.31 bits per heavy atom. The summed E-state index contributed by atoms with van der Waals surface area (Å²) in [7, 11) is 1.15. The van der Waals surface area contributed by atoms with Crippen LogP contribution in [0.4, 0.5) is 8.78 Å². The molecule has 0 aliphatic carbocycles. The maximum atomic E-state index is 13.2. The first kappa shape index (κ1) is 12.8. The molecule has 1 aromatic rings. The average molecular weight is 234 g/mol. The number of ether oxygens (including phenoxy) is 1. The second-order valence-corrected chi connectivity index (χ2v) is 3.20. The first-order chi connectivity index (χ1) is 7.51. The van der Waals surface area contributed by atoms with E-state index in [0.717, 1.165) is 13.2 Å². The molecule has 0 spiro atoms. The molecule has 1 aromatic carbocycles. The monoisotopic (exact) mass is 234 g/mol. The molecule has 0 radical (unpaired) electrons. The van der Waals surface area contributed by atoms with Crippen molar-refractivity contribution in [2.45, 2.75) is 12.2 Å². The summed E-state index contributed by atoms with van der Waals surface area (Å²) in [5, 5.41) is 27.3. The van der Waals surface area contributed by atoms with E-state index in [1.165, 1.54) is 0 Å². The van der Waals surface area contributed by atoms with Crippen LogP contribution in [-0.4, -0.2) is 35.1 Å². The lowest BCUT2D eigenvalue weighted by Gasteiger charge is -2.18. The molecular formula is C10H12F2O4. The standard InChI is InChI=1S/C10H12F2O4/c1-16-10-6(9(15)8(14)4-13)2-5(11)3-7(10)12/h2-3,8-9,13-15H,4H2,1H3. The maximum absolute atomic E-state index is 13.2. The van der Waals surface area contributed by atoms with Gasteiger partial charge in [0.25, 0.3) is 0 Å². The van der Waals surface area contributed by atoms with Gasteiger partial charge in [-0.1, -0.05) is 0 Å². The number of hydrogen-bond donors (Lipinski definition) is 3. The van der Waals surface area contributed by atoms with E-state index in [1.807, 2.05) is 0 Å². The van der Waals surface area contributed by atoms with Crippen molar-refractivity contribution in [3.63, 3.8) is 0 Å². The number of methoxy groups -OCH3 is 1. The van der Waals surface area contributed by atoms with Gasteiger partial charge in [-0.25, -0.2) is 8.78 Å². The summed E-state index contributed by atoms with van der Waals surface area (Å²) in [5.41, 5.74) is -0.249. The lowest BCUT2D eigenvalue weighted by molar-refractivity contribution is -0.0165. The summed E-state index contributed by atoms with van der Waals surface area (Å²) in [5.74, 6) is -2.25. The second kappa shape index (κ2) is 5.20. The van der Waals surface area contributed by atoms with Crippen molar-refractivity contribution >= 4 is 0 Å². The third-order valence-electron chi connectivity index (χ3n) is 2.11. The van der Waals surface area contributed by atoms with Crippen LogP contribution in [0.1, 0.15) is 11.7 Å². The van der Waals surface area contributed by atoms with Gasteiger partial charge in [0.05, 0.1) is 13.7 Å². The SMILES string of the molecule is COc1c(F)cc(F)cc1C(O)C(O)CO. The molecule has 90 valence electrons. The molecule has 4 nitrogen and oxygen atoms in total. The van der Waals surface area contributed by atoms with Crippen LogP contribution < -0.4 is 4.74 Å². The van der Waals surface area contributed by atoms with Gasteiger partial charge >= 0.3 is 0 Å². The Morgan fingerprint density at radius 2 is 1.94 bits per heavy atom. The van der Waals surface area contributed by atoms with Gasteiger partial charge in [0, 0.05) is 11.6 Å². The van der Waals surface area contributed by atoms with Crippen molar-refractivity contribution in [1.29, 1.82) is 0 Å². The second-order valence-electron chi connectivity index (χ2n) is 3.20. The minimum absolute atomic E-state index is 0.249. The minimum atomic E-state index is -1.62. The van der Waals surface area contributed by atoms with E-state index in [-0.39, 0.29) is 11.3 Å². The highest BCUT2D eigenvalue weighted by atomic mass is 19.1. The Labute approximate surface area is 90.7 Å². The number of benzene rings is 1. The van der Waals surface area contributed by atoms with Crippen molar-refractivity contribution in [3.05, 3.63) is 29.3 Å². The molecule has 0 aliphatic heterocycles. The lowest BCUT2D eigenvalue weighted by Crippen LogP contribution is -2.23. The zero-order valence-electron chi connectivity index (χ0n) is 8.52. The molecule has 0 aliphatic rings. The quantitative estimate of drug-likeness (QED) is 0.703. The summed E-state index contributed by atoms with van der Waals surface area (Å²) in [6.07, 6.45) is -3.15. The van der Waals surface area contributed by atoms with Gasteiger partial charge in [0.1, 0.15) is 18.0 Å². The molecule has 3 N–H and O–H groups in total. The van der Waals surface area contributed by atoms with Crippen molar-refractivity contribution in [1.82, 2.24) is 0 Å². The lowest BCUT2D eigenvalue weighted by atomic mass is 10.0. The van der Waals surface area contributed by atoms with Crippen LogP contribution in [0, 0.1) is 11.6 Å². The molecule has 0 fully saturated rings. The number of aliphatic hydroxyl groups excluding tert-OH is 3. The Kier molecular flexibility index (Phi) is 4.17. The van der Waals surface area contributed by atoms with E-state index in [2.05, 4.69) is 4.74 Å². The number of rotatable bonds is 4. The first-order valence-corrected chi connectivity index (χ1v) is 4.51. The van der Waals surface area contributed by atoms with Crippen LogP contribution >= 0.6 is 0 Å². The summed E-state index contributed by atoms with van der Waals surface area (Å²) >= 11 is 0. The van der Waals surface area contributed by atoms with E-state index in [1.54, 1.807) is 0 Å². The highest BCUT2D eigenvalue weighted by Gasteiger charge is 2.24. The average Bonchev–Trinajstić information content (AvgIpc) is 2.26. The highest BCUT2D eigenvalue weighted by Crippen LogP contribution is 2.30. The zero-order chi connectivity index (χ0) is 12.3. The van der Waals surface area contributed by atoms with Gasteiger partial charge in [-0.15, -0.1) is 0 Å². The van der Waals surface area contributed by atoms with Crippen LogP contribution in [0.15, 0.2) is 12.1 Å². The van der Waals surface area contributed by atoms with E-state index in [4.69, 9.17) is 5.11 Å². The number of aliphatic hydroxyl groups is 3. The Balaban J connectivity index is 3.20. The summed E-state index contributed by atoms with van der Waals surface area (Å²) in [4.78, 5) is 0. The van der Waals surface area contributed by atoms with Crippen molar-refractivity contribution in [2.75, 3.05) is 13.7 Å². The van der Waals surface area contributed by atoms with E-state index in [9.17, 15) is 19.0 Å². The van der Waals surface area contributed by atoms with E-state index in [0.29, 0.717) is 6.07 Å². The first-order valence-electron chi connectivity index (χ1n) is 4.51. The third kappa shape index (κ3) is 2.46. The van der Waals surface area contributed by atoms with Gasteiger partial charge in [-0.05, 0) is 6.07 Å². The topological polar surface area (TPSA) is 69.9 Å². The molecule has 6 heteroatoms. The fourth-order valence-electron chi connectivity index (χ4n) is 1.32. The fraction of sp³-hybridized carbons (Fsp3) is 0.400. The predicted octanol–water partition coefficient (Wildman–Crippen LogP) is 0.360. The Morgan fingerprint density at radius 3 is 2.44 bits per heavy atom. The minimum Gasteiger partial charge on any atom is -0.493 e. The molecule has 0 amide bonds. The number of hydrogen-bond acceptors (Lipinski definition) is 4. The molecule has 0 aromatic heterocycles. The van der Waals surface area contributed by atoms with E-state index >= 15 is 0 Å². The largest absolute Gasteiger partial charge is 0.493 e. The molecule has 16 heavy (non-hydrogen) atoms. The molecule has 2 unspecified atom stereocenters. The maximum Gasteiger partial charge on any atom is 0.168 e. The highest BCUT2D eigenvalue weighted by molar-refractivity contribution is 5.37. The van der Waals surface area contributed by atoms with Crippen LogP contribution in [0.25, 0.3) is 0 Å². The van der Waals surface area contributed by atoms with Gasteiger partial charge in [-0.2, -0.15) is 0 Å². The summed E-state index contributed by atoms with van der Waals surface area (Å²) < 4.78 is 30.8. The smallest absolute Gasteiger partial charge is 0.168 e. The molecule has 2 atom stereocenters. The fourth-order valence-corrected chi connectivity index (χ4v) is 1.32. The van der Waals surface area contributed by atoms with Gasteiger partial charge in [0.2, 0.25) is 0 Å². The van der Waals surface area contributed by atoms with Gasteiger partial charge in [0.15, 0.2) is 11.6 Å². The molecule has 0 heterocycles. The molecule has 1 rings (SSSR count). The van der Waals surface area contributed by atoms with Crippen LogP contribution in [-0.2, 0) is 0 Å². The van der Waals surface area contributed by atoms with Gasteiger partial charge in [-0.3, -0.25) is 0 Å². The van der Waals surface area contributed by atoms with Crippen LogP contribution in [0.3, 0.4) is 0 Å². The zero-order valence-corrected chi connectivity index (χ0v) is 8.52. The van der Waals surface area contributed by atoms with Crippen molar-refractivity contribution < 1.29 is 28.8 Å². The normalized spacial score (nSPS) is 14.6. The Bertz CT molecular complexity index is 370. The predicted molar refractivity (Wildman–Crippen MR) is 51.0 cm³/mol. The Hall–Kier alpha value is -1.24. The summed E-state index contributed by atoms with van der Waals surface area (Å²) in [6.45, 7) is -0.734. The third-order valence-corrected chi connectivity index (χ3v) is 2.11. The molecule has 0 saturated carbocycles. The molecule has 0 bridgehead atoms.